The summed E-state index contributed by atoms with van der Waals surface area (Å²) in [5.41, 5.74) is 6.51. The lowest BCUT2D eigenvalue weighted by Crippen LogP contribution is -2.21. The first-order valence-electron chi connectivity index (χ1n) is 4.93. The fourth-order valence-corrected chi connectivity index (χ4v) is 2.13. The molecule has 0 bridgehead atoms. The molecule has 0 heterocycles. The molecule has 0 aromatic heterocycles. The summed E-state index contributed by atoms with van der Waals surface area (Å²) in [6.07, 6.45) is 0.398. The predicted molar refractivity (Wildman–Crippen MR) is 69.6 cm³/mol. The smallest absolute Gasteiger partial charge is 0.0830 e. The number of hydrogen-bond acceptors (Lipinski definition) is 2. The first-order valence-corrected chi connectivity index (χ1v) is 6.51. The maximum atomic E-state index is 10.1. The van der Waals surface area contributed by atoms with Crippen LogP contribution in [0.1, 0.15) is 25.0 Å². The number of rotatable bonds is 4. The summed E-state index contributed by atoms with van der Waals surface area (Å²) in [7, 11) is 0. The summed E-state index contributed by atoms with van der Waals surface area (Å²) in [6.45, 7) is 2.54. The second-order valence-corrected chi connectivity index (χ2v) is 5.23. The molecule has 0 amide bonds. The Balaban J connectivity index is 2.90. The molecule has 0 aliphatic heterocycles. The van der Waals surface area contributed by atoms with Crippen molar-refractivity contribution in [1.82, 2.24) is 0 Å². The van der Waals surface area contributed by atoms with Gasteiger partial charge in [-0.1, -0.05) is 13.0 Å². The van der Waals surface area contributed by atoms with Gasteiger partial charge in [-0.25, -0.2) is 0 Å². The van der Waals surface area contributed by atoms with Crippen LogP contribution in [0.3, 0.4) is 0 Å². The fraction of sp³-hybridized carbons (Fsp3) is 0.455. The Hall–Kier alpha value is 0.1000. The van der Waals surface area contributed by atoms with Crippen molar-refractivity contribution in [1.29, 1.82) is 0 Å². The van der Waals surface area contributed by atoms with E-state index in [9.17, 15) is 5.11 Å². The van der Waals surface area contributed by atoms with Crippen molar-refractivity contribution in [3.63, 3.8) is 0 Å². The van der Waals surface area contributed by atoms with E-state index in [1.807, 2.05) is 25.1 Å². The van der Waals surface area contributed by atoms with E-state index >= 15 is 0 Å². The summed E-state index contributed by atoms with van der Waals surface area (Å²) >= 11 is 6.81. The summed E-state index contributed by atoms with van der Waals surface area (Å²) in [5.74, 6) is 0.123. The number of hydrogen-bond donors (Lipinski definition) is 2. The second-order valence-electron chi connectivity index (χ2n) is 3.52. The van der Waals surface area contributed by atoms with E-state index < -0.39 is 6.10 Å². The van der Waals surface area contributed by atoms with E-state index in [0.29, 0.717) is 6.54 Å². The van der Waals surface area contributed by atoms with E-state index in [4.69, 9.17) is 5.73 Å². The first kappa shape index (κ1) is 13.2. The Kier molecular flexibility index (Phi) is 5.26. The van der Waals surface area contributed by atoms with Crippen LogP contribution in [-0.4, -0.2) is 11.7 Å². The lowest BCUT2D eigenvalue weighted by atomic mass is 9.94. The third kappa shape index (κ3) is 3.28. The van der Waals surface area contributed by atoms with Crippen LogP contribution in [0.4, 0.5) is 0 Å². The van der Waals surface area contributed by atoms with Crippen molar-refractivity contribution in [2.45, 2.75) is 19.4 Å². The Morgan fingerprint density at radius 3 is 2.47 bits per heavy atom. The van der Waals surface area contributed by atoms with Gasteiger partial charge >= 0.3 is 0 Å². The van der Waals surface area contributed by atoms with Gasteiger partial charge in [-0.2, -0.15) is 0 Å². The molecule has 1 rings (SSSR count). The van der Waals surface area contributed by atoms with Gasteiger partial charge in [0.1, 0.15) is 0 Å². The van der Waals surface area contributed by atoms with Gasteiger partial charge in [-0.05, 0) is 62.5 Å². The van der Waals surface area contributed by atoms with E-state index in [1.165, 1.54) is 0 Å². The zero-order valence-electron chi connectivity index (χ0n) is 8.58. The molecule has 0 radical (unpaired) electrons. The highest BCUT2D eigenvalue weighted by Gasteiger charge is 2.18. The van der Waals surface area contributed by atoms with Gasteiger partial charge in [0.05, 0.1) is 6.10 Å². The zero-order chi connectivity index (χ0) is 11.4. The summed E-state index contributed by atoms with van der Waals surface area (Å²) < 4.78 is 1.94. The molecule has 0 aliphatic rings. The van der Waals surface area contributed by atoms with Crippen molar-refractivity contribution in [3.8, 4) is 0 Å². The van der Waals surface area contributed by atoms with E-state index in [2.05, 4.69) is 31.9 Å². The minimum absolute atomic E-state index is 0.123. The Labute approximate surface area is 107 Å². The van der Waals surface area contributed by atoms with Crippen LogP contribution in [0, 0.1) is 5.92 Å². The molecule has 2 nitrogen and oxygen atoms in total. The van der Waals surface area contributed by atoms with Crippen LogP contribution >= 0.6 is 31.9 Å². The van der Waals surface area contributed by atoms with E-state index in [-0.39, 0.29) is 5.92 Å². The lowest BCUT2D eigenvalue weighted by molar-refractivity contribution is 0.110. The van der Waals surface area contributed by atoms with Crippen LogP contribution in [0.15, 0.2) is 27.1 Å². The van der Waals surface area contributed by atoms with Gasteiger partial charge in [0.25, 0.3) is 0 Å². The third-order valence-electron chi connectivity index (χ3n) is 2.56. The molecule has 0 fully saturated rings. The van der Waals surface area contributed by atoms with Gasteiger partial charge in [-0.3, -0.25) is 0 Å². The topological polar surface area (TPSA) is 46.2 Å². The quantitative estimate of drug-likeness (QED) is 0.886. The van der Waals surface area contributed by atoms with Gasteiger partial charge < -0.3 is 10.8 Å². The number of halogens is 2. The molecule has 4 heteroatoms. The van der Waals surface area contributed by atoms with Crippen LogP contribution in [0.2, 0.25) is 0 Å². The third-order valence-corrected chi connectivity index (χ3v) is 4.44. The van der Waals surface area contributed by atoms with Crippen molar-refractivity contribution in [2.75, 3.05) is 6.54 Å². The molecule has 2 unspecified atom stereocenters. The minimum atomic E-state index is -0.482. The van der Waals surface area contributed by atoms with Gasteiger partial charge in [-0.15, -0.1) is 0 Å². The molecule has 0 saturated heterocycles. The Morgan fingerprint density at radius 2 is 2.00 bits per heavy atom. The standard InChI is InChI=1S/C11H15Br2NO/c1-2-7(6-14)11(15)8-3-4-9(12)10(13)5-8/h3-5,7,11,15H,2,6,14H2,1H3. The van der Waals surface area contributed by atoms with Crippen LogP contribution in [0.25, 0.3) is 0 Å². The fourth-order valence-electron chi connectivity index (χ4n) is 1.49. The zero-order valence-corrected chi connectivity index (χ0v) is 11.8. The largest absolute Gasteiger partial charge is 0.388 e. The molecule has 1 aromatic carbocycles. The highest BCUT2D eigenvalue weighted by atomic mass is 79.9. The molecule has 84 valence electrons. The van der Waals surface area contributed by atoms with E-state index in [0.717, 1.165) is 20.9 Å². The maximum Gasteiger partial charge on any atom is 0.0830 e. The molecule has 0 spiro atoms. The van der Waals surface area contributed by atoms with Crippen LogP contribution < -0.4 is 5.73 Å². The summed E-state index contributed by atoms with van der Waals surface area (Å²) in [4.78, 5) is 0. The Morgan fingerprint density at radius 1 is 1.33 bits per heavy atom. The Bertz CT molecular complexity index is 326. The van der Waals surface area contributed by atoms with Gasteiger partial charge in [0.15, 0.2) is 0 Å². The van der Waals surface area contributed by atoms with Crippen molar-refractivity contribution in [3.05, 3.63) is 32.7 Å². The number of benzene rings is 1. The minimum Gasteiger partial charge on any atom is -0.388 e. The van der Waals surface area contributed by atoms with Crippen molar-refractivity contribution < 1.29 is 5.11 Å². The monoisotopic (exact) mass is 335 g/mol. The SMILES string of the molecule is CCC(CN)C(O)c1ccc(Br)c(Br)c1. The van der Waals surface area contributed by atoms with Crippen LogP contribution in [-0.2, 0) is 0 Å². The number of nitrogens with two attached hydrogens (primary N) is 1. The predicted octanol–water partition coefficient (Wildman–Crippen LogP) is 3.23. The molecule has 15 heavy (non-hydrogen) atoms. The van der Waals surface area contributed by atoms with Gasteiger partial charge in [0, 0.05) is 14.9 Å². The van der Waals surface area contributed by atoms with Crippen molar-refractivity contribution >= 4 is 31.9 Å². The number of aliphatic hydroxyl groups is 1. The van der Waals surface area contributed by atoms with Crippen LogP contribution in [0.5, 0.6) is 0 Å². The average Bonchev–Trinajstić information content (AvgIpc) is 2.23. The normalized spacial score (nSPS) is 15.0. The lowest BCUT2D eigenvalue weighted by Gasteiger charge is -2.20. The maximum absolute atomic E-state index is 10.1. The highest BCUT2D eigenvalue weighted by Crippen LogP contribution is 2.30. The molecule has 1 aromatic rings. The molecule has 2 atom stereocenters. The second kappa shape index (κ2) is 5.99. The molecular weight excluding hydrogens is 322 g/mol. The molecule has 0 saturated carbocycles. The summed E-state index contributed by atoms with van der Waals surface area (Å²) in [5, 5.41) is 10.1. The van der Waals surface area contributed by atoms with E-state index in [1.54, 1.807) is 0 Å². The first-order chi connectivity index (χ1) is 7.10. The average molecular weight is 337 g/mol. The number of aliphatic hydroxyl groups excluding tert-OH is 1. The molecule has 3 N–H and O–H groups in total. The van der Waals surface area contributed by atoms with Gasteiger partial charge in [0.2, 0.25) is 0 Å². The summed E-state index contributed by atoms with van der Waals surface area (Å²) in [6, 6.07) is 5.76. The molecule has 0 aliphatic carbocycles. The highest BCUT2D eigenvalue weighted by molar-refractivity contribution is 9.13. The van der Waals surface area contributed by atoms with Crippen molar-refractivity contribution in [2.24, 2.45) is 11.7 Å². The molecular formula is C11H15Br2NO.